The summed E-state index contributed by atoms with van der Waals surface area (Å²) in [6.45, 7) is 4.68. The van der Waals surface area contributed by atoms with Crippen LogP contribution in [0.4, 0.5) is 5.69 Å². The van der Waals surface area contributed by atoms with E-state index in [0.29, 0.717) is 0 Å². The summed E-state index contributed by atoms with van der Waals surface area (Å²) in [6, 6.07) is 6.15. The normalized spacial score (nSPS) is 19.7. The van der Waals surface area contributed by atoms with Crippen molar-refractivity contribution in [1.29, 1.82) is 0 Å². The van der Waals surface area contributed by atoms with Crippen molar-refractivity contribution in [3.05, 3.63) is 29.3 Å². The van der Waals surface area contributed by atoms with Crippen LogP contribution in [-0.2, 0) is 6.42 Å². The van der Waals surface area contributed by atoms with E-state index in [-0.39, 0.29) is 5.91 Å². The summed E-state index contributed by atoms with van der Waals surface area (Å²) < 4.78 is 0. The number of likely N-dealkylation sites (N-methyl/N-ethyl adjacent to an activating group) is 2. The average Bonchev–Trinajstić information content (AvgIpc) is 2.80. The fourth-order valence-electron chi connectivity index (χ4n) is 2.89. The van der Waals surface area contributed by atoms with Gasteiger partial charge in [0.05, 0.1) is 0 Å². The number of rotatable bonds is 1. The molecule has 0 radical (unpaired) electrons. The number of benzene rings is 1. The zero-order valence-electron chi connectivity index (χ0n) is 11.7. The summed E-state index contributed by atoms with van der Waals surface area (Å²) in [5, 5.41) is 0. The lowest BCUT2D eigenvalue weighted by Crippen LogP contribution is -2.47. The average molecular weight is 259 g/mol. The number of hydrogen-bond acceptors (Lipinski definition) is 3. The van der Waals surface area contributed by atoms with Crippen LogP contribution in [0.2, 0.25) is 0 Å². The summed E-state index contributed by atoms with van der Waals surface area (Å²) in [5.41, 5.74) is 3.43. The van der Waals surface area contributed by atoms with Crippen molar-refractivity contribution in [1.82, 2.24) is 9.80 Å². The van der Waals surface area contributed by atoms with Crippen molar-refractivity contribution >= 4 is 11.6 Å². The third kappa shape index (κ3) is 2.32. The summed E-state index contributed by atoms with van der Waals surface area (Å²) in [4.78, 5) is 19.0. The molecule has 0 aliphatic carbocycles. The molecule has 2 heterocycles. The van der Waals surface area contributed by atoms with E-state index in [1.807, 2.05) is 11.0 Å². The van der Waals surface area contributed by atoms with Gasteiger partial charge in [0.1, 0.15) is 0 Å². The van der Waals surface area contributed by atoms with Gasteiger partial charge in [-0.25, -0.2) is 0 Å². The predicted octanol–water partition coefficient (Wildman–Crippen LogP) is 1.07. The van der Waals surface area contributed by atoms with E-state index in [0.717, 1.165) is 44.7 Å². The number of piperazine rings is 1. The number of carbonyl (C=O) groups excluding carboxylic acids is 1. The van der Waals surface area contributed by atoms with Gasteiger partial charge in [0.2, 0.25) is 0 Å². The van der Waals surface area contributed by atoms with E-state index in [1.165, 1.54) is 11.3 Å². The molecule has 0 unspecified atom stereocenters. The molecule has 2 aliphatic rings. The highest BCUT2D eigenvalue weighted by molar-refractivity contribution is 5.95. The number of nitrogens with zero attached hydrogens (tertiary/aromatic N) is 3. The van der Waals surface area contributed by atoms with Crippen molar-refractivity contribution in [2.45, 2.75) is 6.42 Å². The first-order valence-electron chi connectivity index (χ1n) is 6.97. The second kappa shape index (κ2) is 4.85. The van der Waals surface area contributed by atoms with E-state index in [2.05, 4.69) is 36.0 Å². The fraction of sp³-hybridized carbons (Fsp3) is 0.533. The Bertz CT molecular complexity index is 492. The molecule has 1 aromatic carbocycles. The SMILES string of the molecule is CN1CCN(C(=O)c2ccc3c(c2)CCN3C)CC1. The van der Waals surface area contributed by atoms with E-state index in [4.69, 9.17) is 0 Å². The molecule has 3 rings (SSSR count). The van der Waals surface area contributed by atoms with Crippen LogP contribution in [-0.4, -0.2) is 62.5 Å². The van der Waals surface area contributed by atoms with Gasteiger partial charge in [-0.3, -0.25) is 4.79 Å². The van der Waals surface area contributed by atoms with Crippen molar-refractivity contribution < 1.29 is 4.79 Å². The first kappa shape index (κ1) is 12.5. The predicted molar refractivity (Wildman–Crippen MR) is 76.8 cm³/mol. The monoisotopic (exact) mass is 259 g/mol. The minimum atomic E-state index is 0.186. The molecule has 0 saturated carbocycles. The van der Waals surface area contributed by atoms with E-state index >= 15 is 0 Å². The van der Waals surface area contributed by atoms with Crippen LogP contribution in [0.3, 0.4) is 0 Å². The topological polar surface area (TPSA) is 26.8 Å². The third-order valence-corrected chi connectivity index (χ3v) is 4.24. The highest BCUT2D eigenvalue weighted by atomic mass is 16.2. The molecule has 4 nitrogen and oxygen atoms in total. The van der Waals surface area contributed by atoms with Crippen LogP contribution in [0.15, 0.2) is 18.2 Å². The molecule has 4 heteroatoms. The largest absolute Gasteiger partial charge is 0.374 e. The molecule has 0 N–H and O–H groups in total. The van der Waals surface area contributed by atoms with Gasteiger partial charge in [0.25, 0.3) is 5.91 Å². The van der Waals surface area contributed by atoms with E-state index < -0.39 is 0 Å². The Morgan fingerprint density at radius 1 is 1.05 bits per heavy atom. The molecule has 0 bridgehead atoms. The van der Waals surface area contributed by atoms with E-state index in [1.54, 1.807) is 0 Å². The third-order valence-electron chi connectivity index (χ3n) is 4.24. The van der Waals surface area contributed by atoms with Crippen LogP contribution < -0.4 is 4.90 Å². The zero-order chi connectivity index (χ0) is 13.4. The number of carbonyl (C=O) groups is 1. The lowest BCUT2D eigenvalue weighted by Gasteiger charge is -2.32. The van der Waals surface area contributed by atoms with Gasteiger partial charge in [-0.1, -0.05) is 0 Å². The quantitative estimate of drug-likeness (QED) is 0.755. The molecule has 0 atom stereocenters. The Balaban J connectivity index is 1.77. The first-order valence-corrected chi connectivity index (χ1v) is 6.97. The fourth-order valence-corrected chi connectivity index (χ4v) is 2.89. The van der Waals surface area contributed by atoms with Crippen LogP contribution in [0.25, 0.3) is 0 Å². The van der Waals surface area contributed by atoms with Gasteiger partial charge < -0.3 is 14.7 Å². The van der Waals surface area contributed by atoms with Crippen LogP contribution in [0, 0.1) is 0 Å². The van der Waals surface area contributed by atoms with Gasteiger partial charge in [0, 0.05) is 51.0 Å². The minimum absolute atomic E-state index is 0.186. The van der Waals surface area contributed by atoms with Gasteiger partial charge in [-0.15, -0.1) is 0 Å². The molecule has 19 heavy (non-hydrogen) atoms. The van der Waals surface area contributed by atoms with Gasteiger partial charge in [-0.2, -0.15) is 0 Å². The maximum atomic E-state index is 12.5. The standard InChI is InChI=1S/C15H21N3O/c1-16-7-9-18(10-8-16)15(19)13-3-4-14-12(11-13)5-6-17(14)2/h3-4,11H,5-10H2,1-2H3. The summed E-state index contributed by atoms with van der Waals surface area (Å²) in [5.74, 6) is 0.186. The van der Waals surface area contributed by atoms with Crippen molar-refractivity contribution in [2.75, 3.05) is 51.7 Å². The molecular weight excluding hydrogens is 238 g/mol. The highest BCUT2D eigenvalue weighted by Gasteiger charge is 2.22. The maximum absolute atomic E-state index is 12.5. The van der Waals surface area contributed by atoms with Gasteiger partial charge in [-0.05, 0) is 37.2 Å². The Labute approximate surface area is 114 Å². The molecule has 102 valence electrons. The Morgan fingerprint density at radius 2 is 1.79 bits per heavy atom. The highest BCUT2D eigenvalue weighted by Crippen LogP contribution is 2.27. The van der Waals surface area contributed by atoms with Crippen molar-refractivity contribution in [2.24, 2.45) is 0 Å². The molecule has 1 fully saturated rings. The second-order valence-corrected chi connectivity index (χ2v) is 5.61. The van der Waals surface area contributed by atoms with E-state index in [9.17, 15) is 4.79 Å². The number of hydrogen-bond donors (Lipinski definition) is 0. The van der Waals surface area contributed by atoms with Gasteiger partial charge in [0.15, 0.2) is 0 Å². The lowest BCUT2D eigenvalue weighted by molar-refractivity contribution is 0.0664. The Morgan fingerprint density at radius 3 is 2.53 bits per heavy atom. The number of anilines is 1. The molecule has 1 amide bonds. The summed E-state index contributed by atoms with van der Waals surface area (Å²) >= 11 is 0. The number of amides is 1. The zero-order valence-corrected chi connectivity index (χ0v) is 11.7. The molecule has 2 aliphatic heterocycles. The number of fused-ring (bicyclic) bond motifs is 1. The summed E-state index contributed by atoms with van der Waals surface area (Å²) in [7, 11) is 4.21. The molecule has 0 spiro atoms. The smallest absolute Gasteiger partial charge is 0.253 e. The lowest BCUT2D eigenvalue weighted by atomic mass is 10.1. The van der Waals surface area contributed by atoms with Crippen molar-refractivity contribution in [3.8, 4) is 0 Å². The minimum Gasteiger partial charge on any atom is -0.374 e. The van der Waals surface area contributed by atoms with Crippen LogP contribution in [0.5, 0.6) is 0 Å². The molecule has 0 aromatic heterocycles. The van der Waals surface area contributed by atoms with Crippen LogP contribution >= 0.6 is 0 Å². The van der Waals surface area contributed by atoms with Crippen molar-refractivity contribution in [3.63, 3.8) is 0 Å². The first-order chi connectivity index (χ1) is 9.15. The maximum Gasteiger partial charge on any atom is 0.253 e. The molecule has 1 saturated heterocycles. The molecule has 1 aromatic rings. The second-order valence-electron chi connectivity index (χ2n) is 5.61. The molecular formula is C15H21N3O. The Hall–Kier alpha value is -1.55. The van der Waals surface area contributed by atoms with Crippen LogP contribution in [0.1, 0.15) is 15.9 Å². The van der Waals surface area contributed by atoms with Gasteiger partial charge >= 0.3 is 0 Å². The summed E-state index contributed by atoms with van der Waals surface area (Å²) in [6.07, 6.45) is 1.05. The Kier molecular flexibility index (Phi) is 3.19.